The predicted molar refractivity (Wildman–Crippen MR) is 28.4 cm³/mol. The molecule has 0 radical (unpaired) electrons. The number of aryl methyl sites for hydroxylation is 1. The number of hydrogen-bond acceptors (Lipinski definition) is 4. The summed E-state index contributed by atoms with van der Waals surface area (Å²) in [7, 11) is 1.30. The largest absolute Gasteiger partial charge is 0.461 e. The highest BCUT2D eigenvalue weighted by atomic mass is 16.5. The average Bonchev–Trinajstić information content (AvgIpc) is 1.98. The highest BCUT2D eigenvalue weighted by Gasteiger charge is 2.01. The Morgan fingerprint density at radius 3 is 2.22 bits per heavy atom. The molecule has 0 bridgehead atoms. The van der Waals surface area contributed by atoms with Gasteiger partial charge >= 0.3 is 11.4 Å². The molecule has 0 aliphatic heterocycles. The molecule has 0 aromatic carbocycles. The average molecular weight is 131 g/mol. The molecule has 50 valence electrons. The summed E-state index contributed by atoms with van der Waals surface area (Å²) in [6, 6.07) is 0. The molecule has 0 saturated heterocycles. The van der Waals surface area contributed by atoms with Gasteiger partial charge in [-0.25, -0.2) is 9.59 Å². The van der Waals surface area contributed by atoms with Crippen molar-refractivity contribution in [3.8, 4) is 0 Å². The minimum atomic E-state index is -0.859. The third-order valence-electron chi connectivity index (χ3n) is 0.887. The van der Waals surface area contributed by atoms with Crippen molar-refractivity contribution in [2.45, 2.75) is 0 Å². The van der Waals surface area contributed by atoms with E-state index < -0.39 is 11.4 Å². The highest BCUT2D eigenvalue weighted by Crippen LogP contribution is 1.59. The first-order valence-corrected chi connectivity index (χ1v) is 2.17. The van der Waals surface area contributed by atoms with Gasteiger partial charge in [0.1, 0.15) is 0 Å². The van der Waals surface area contributed by atoms with Crippen molar-refractivity contribution < 1.29 is 4.52 Å². The first-order chi connectivity index (χ1) is 4.13. The fourth-order valence-corrected chi connectivity index (χ4v) is 0.430. The molecular formula is C3H5N3O3. The summed E-state index contributed by atoms with van der Waals surface area (Å²) in [5.74, 6) is 4.02. The van der Waals surface area contributed by atoms with Crippen LogP contribution in [0.15, 0.2) is 14.1 Å². The molecule has 1 rings (SSSR count). The Labute approximate surface area is 49.0 Å². The Kier molecular flexibility index (Phi) is 0.950. The van der Waals surface area contributed by atoms with Crippen LogP contribution in [0.3, 0.4) is 0 Å². The van der Waals surface area contributed by atoms with Crippen LogP contribution in [0.25, 0.3) is 0 Å². The fourth-order valence-electron chi connectivity index (χ4n) is 0.430. The van der Waals surface area contributed by atoms with E-state index in [1.807, 2.05) is 0 Å². The second kappa shape index (κ2) is 1.51. The van der Waals surface area contributed by atoms with Crippen molar-refractivity contribution in [3.05, 3.63) is 21.0 Å². The van der Waals surface area contributed by atoms with Gasteiger partial charge in [-0.2, -0.15) is 4.74 Å². The Balaban J connectivity index is 3.68. The summed E-state index contributed by atoms with van der Waals surface area (Å²) in [5.41, 5.74) is -0.667. The van der Waals surface area contributed by atoms with E-state index in [-0.39, 0.29) is 0 Å². The molecule has 0 amide bonds. The van der Waals surface area contributed by atoms with Crippen LogP contribution in [0.5, 0.6) is 0 Å². The lowest BCUT2D eigenvalue weighted by atomic mass is 11.1. The molecule has 0 unspecified atom stereocenters. The van der Waals surface area contributed by atoms with Crippen LogP contribution < -0.4 is 17.3 Å². The van der Waals surface area contributed by atoms with Gasteiger partial charge in [-0.1, -0.05) is 0 Å². The van der Waals surface area contributed by atoms with Crippen LogP contribution in [0, 0.1) is 0 Å². The topological polar surface area (TPSA) is 83.2 Å². The van der Waals surface area contributed by atoms with Gasteiger partial charge in [0.05, 0.1) is 7.05 Å². The predicted octanol–water partition coefficient (Wildman–Crippen LogP) is -2.15. The van der Waals surface area contributed by atoms with Gasteiger partial charge in [-0.05, 0) is 0 Å². The monoisotopic (exact) mass is 131 g/mol. The third kappa shape index (κ3) is 0.638. The Morgan fingerprint density at radius 1 is 1.56 bits per heavy atom. The molecule has 1 aromatic rings. The lowest BCUT2D eigenvalue weighted by Gasteiger charge is -1.77. The maximum atomic E-state index is 10.5. The van der Waals surface area contributed by atoms with Crippen LogP contribution >= 0.6 is 0 Å². The zero-order chi connectivity index (χ0) is 7.02. The molecule has 9 heavy (non-hydrogen) atoms. The zero-order valence-corrected chi connectivity index (χ0v) is 4.70. The third-order valence-corrected chi connectivity index (χ3v) is 0.887. The van der Waals surface area contributed by atoms with E-state index in [0.29, 0.717) is 4.68 Å². The van der Waals surface area contributed by atoms with Crippen LogP contribution in [-0.4, -0.2) is 9.42 Å². The van der Waals surface area contributed by atoms with Crippen LogP contribution in [0.1, 0.15) is 0 Å². The van der Waals surface area contributed by atoms with E-state index in [0.717, 1.165) is 4.74 Å². The molecule has 1 aromatic heterocycles. The van der Waals surface area contributed by atoms with Crippen molar-refractivity contribution >= 4 is 0 Å². The molecule has 0 atom stereocenters. The molecule has 2 N–H and O–H groups in total. The Hall–Kier alpha value is -1.46. The van der Waals surface area contributed by atoms with E-state index in [4.69, 9.17) is 5.84 Å². The lowest BCUT2D eigenvalue weighted by Crippen LogP contribution is -2.34. The smallest absolute Gasteiger partial charge is 0.329 e. The second-order valence-electron chi connectivity index (χ2n) is 1.51. The van der Waals surface area contributed by atoms with Crippen LogP contribution in [0.2, 0.25) is 0 Å². The zero-order valence-electron chi connectivity index (χ0n) is 4.70. The summed E-state index contributed by atoms with van der Waals surface area (Å²) >= 11 is 0. The van der Waals surface area contributed by atoms with E-state index in [1.54, 1.807) is 0 Å². The summed E-state index contributed by atoms with van der Waals surface area (Å²) in [5, 5.41) is 0. The molecule has 0 fully saturated rings. The number of nitrogens with zero attached hydrogens (tertiary/aromatic N) is 2. The molecule has 6 nitrogen and oxygen atoms in total. The van der Waals surface area contributed by atoms with Crippen molar-refractivity contribution in [1.29, 1.82) is 0 Å². The van der Waals surface area contributed by atoms with Gasteiger partial charge in [0.2, 0.25) is 0 Å². The maximum absolute atomic E-state index is 10.5. The van der Waals surface area contributed by atoms with Crippen molar-refractivity contribution in [2.75, 3.05) is 5.84 Å². The van der Waals surface area contributed by atoms with E-state index in [2.05, 4.69) is 4.52 Å². The molecule has 0 saturated carbocycles. The maximum Gasteiger partial charge on any atom is 0.461 e. The molecular weight excluding hydrogens is 126 g/mol. The second-order valence-corrected chi connectivity index (χ2v) is 1.51. The molecule has 1 heterocycles. The van der Waals surface area contributed by atoms with E-state index in [9.17, 15) is 9.59 Å². The lowest BCUT2D eigenvalue weighted by molar-refractivity contribution is 0.276. The summed E-state index contributed by atoms with van der Waals surface area (Å²) in [6.45, 7) is 0. The van der Waals surface area contributed by atoms with E-state index in [1.165, 1.54) is 7.05 Å². The quantitative estimate of drug-likeness (QED) is 0.407. The number of hydrogen-bond donors (Lipinski definition) is 1. The van der Waals surface area contributed by atoms with Crippen LogP contribution in [0.4, 0.5) is 0 Å². The van der Waals surface area contributed by atoms with Crippen molar-refractivity contribution in [3.63, 3.8) is 0 Å². The first-order valence-electron chi connectivity index (χ1n) is 2.17. The summed E-state index contributed by atoms with van der Waals surface area (Å²) < 4.78 is 5.37. The number of aromatic nitrogens is 2. The van der Waals surface area contributed by atoms with E-state index >= 15 is 0 Å². The number of nitrogen functional groups attached to an aromatic ring is 1. The minimum Gasteiger partial charge on any atom is -0.329 e. The molecule has 6 heteroatoms. The van der Waals surface area contributed by atoms with Gasteiger partial charge in [0, 0.05) is 0 Å². The van der Waals surface area contributed by atoms with Gasteiger partial charge < -0.3 is 10.4 Å². The first kappa shape index (κ1) is 5.67. The standard InChI is InChI=1S/C3H5N3O3/c1-5-2(7)6(4)3(8)9-5/h4H2,1H3. The van der Waals surface area contributed by atoms with Gasteiger partial charge in [-0.3, -0.25) is 0 Å². The molecule has 0 aliphatic rings. The van der Waals surface area contributed by atoms with Gasteiger partial charge in [-0.15, -0.1) is 4.68 Å². The normalized spacial score (nSPS) is 9.89. The summed E-state index contributed by atoms with van der Waals surface area (Å²) in [6.07, 6.45) is 0. The van der Waals surface area contributed by atoms with Crippen LogP contribution in [-0.2, 0) is 7.05 Å². The molecule has 0 aliphatic carbocycles. The minimum absolute atomic E-state index is 0.389. The van der Waals surface area contributed by atoms with Crippen molar-refractivity contribution in [2.24, 2.45) is 7.05 Å². The fraction of sp³-hybridized carbons (Fsp3) is 0.333. The van der Waals surface area contributed by atoms with Gasteiger partial charge in [0.15, 0.2) is 0 Å². The number of nitrogens with two attached hydrogens (primary N) is 1. The number of rotatable bonds is 0. The SMILES string of the molecule is Cn1oc(=O)n(N)c1=O. The van der Waals surface area contributed by atoms with Crippen molar-refractivity contribution in [1.82, 2.24) is 9.42 Å². The summed E-state index contributed by atoms with van der Waals surface area (Å²) in [4.78, 5) is 20.8. The Bertz CT molecular complexity index is 316. The Morgan fingerprint density at radius 2 is 2.11 bits per heavy atom. The van der Waals surface area contributed by atoms with Gasteiger partial charge in [0.25, 0.3) is 0 Å². The molecule has 0 spiro atoms. The highest BCUT2D eigenvalue weighted by molar-refractivity contribution is 4.60.